The van der Waals surface area contributed by atoms with Gasteiger partial charge in [-0.3, -0.25) is 14.5 Å². The molecule has 1 aromatic heterocycles. The van der Waals surface area contributed by atoms with Crippen molar-refractivity contribution in [1.82, 2.24) is 25.7 Å². The Labute approximate surface area is 168 Å². The Morgan fingerprint density at radius 1 is 1.34 bits per heavy atom. The molecule has 4 rings (SSSR count). The standard InChI is InChI=1S/C20H25N5O4/c1-3-17(26)22-13-8-16-19(27)21-10-14(25(16)11-13)9-18-23-24-20(29-18)12-4-6-15(28-2)7-5-12/h4-7,13-14,16H,3,8-11H2,1-2H3,(H,21,27)(H,22,26)/t13-,14+,16-/m0/s1. The lowest BCUT2D eigenvalue weighted by atomic mass is 10.1. The lowest BCUT2D eigenvalue weighted by Crippen LogP contribution is -2.58. The minimum Gasteiger partial charge on any atom is -0.497 e. The summed E-state index contributed by atoms with van der Waals surface area (Å²) in [6.07, 6.45) is 1.59. The molecule has 9 heteroatoms. The molecular formula is C20H25N5O4. The van der Waals surface area contributed by atoms with E-state index in [1.54, 1.807) is 7.11 Å². The second-order valence-corrected chi connectivity index (χ2v) is 7.40. The summed E-state index contributed by atoms with van der Waals surface area (Å²) in [6.45, 7) is 2.99. The van der Waals surface area contributed by atoms with Crippen molar-refractivity contribution in [2.45, 2.75) is 44.3 Å². The fourth-order valence-electron chi connectivity index (χ4n) is 3.99. The molecule has 0 saturated carbocycles. The molecule has 3 atom stereocenters. The molecule has 3 heterocycles. The molecule has 2 aromatic rings. The smallest absolute Gasteiger partial charge is 0.247 e. The number of nitrogens with one attached hydrogen (secondary N) is 2. The Kier molecular flexibility index (Phi) is 5.48. The fraction of sp³-hybridized carbons (Fsp3) is 0.500. The average molecular weight is 399 g/mol. The molecule has 2 fully saturated rings. The zero-order valence-electron chi connectivity index (χ0n) is 16.6. The molecule has 2 saturated heterocycles. The van der Waals surface area contributed by atoms with E-state index in [1.807, 2.05) is 31.2 Å². The molecule has 9 nitrogen and oxygen atoms in total. The first kappa shape index (κ1) is 19.4. The normalized spacial score (nSPS) is 24.1. The summed E-state index contributed by atoms with van der Waals surface area (Å²) in [5.41, 5.74) is 0.822. The van der Waals surface area contributed by atoms with Gasteiger partial charge < -0.3 is 19.8 Å². The number of fused-ring (bicyclic) bond motifs is 1. The molecule has 0 unspecified atom stereocenters. The van der Waals surface area contributed by atoms with Crippen molar-refractivity contribution in [2.24, 2.45) is 0 Å². The summed E-state index contributed by atoms with van der Waals surface area (Å²) < 4.78 is 11.0. The van der Waals surface area contributed by atoms with Crippen LogP contribution in [0.5, 0.6) is 5.75 Å². The first-order chi connectivity index (χ1) is 14.1. The van der Waals surface area contributed by atoms with Gasteiger partial charge in [-0.15, -0.1) is 10.2 Å². The highest BCUT2D eigenvalue weighted by Crippen LogP contribution is 2.27. The van der Waals surface area contributed by atoms with Gasteiger partial charge in [-0.2, -0.15) is 0 Å². The minimum atomic E-state index is -0.236. The van der Waals surface area contributed by atoms with Gasteiger partial charge in [0.05, 0.1) is 13.2 Å². The number of hydrogen-bond acceptors (Lipinski definition) is 7. The Balaban J connectivity index is 1.44. The van der Waals surface area contributed by atoms with Gasteiger partial charge in [0, 0.05) is 43.6 Å². The predicted octanol–water partition coefficient (Wildman–Crippen LogP) is 0.755. The number of hydrogen-bond donors (Lipinski definition) is 2. The third-order valence-electron chi connectivity index (χ3n) is 5.52. The van der Waals surface area contributed by atoms with Crippen molar-refractivity contribution < 1.29 is 18.7 Å². The van der Waals surface area contributed by atoms with Crippen LogP contribution in [0.4, 0.5) is 0 Å². The van der Waals surface area contributed by atoms with Gasteiger partial charge in [0.2, 0.25) is 23.6 Å². The largest absolute Gasteiger partial charge is 0.497 e. The van der Waals surface area contributed by atoms with Crippen molar-refractivity contribution >= 4 is 11.8 Å². The quantitative estimate of drug-likeness (QED) is 0.738. The van der Waals surface area contributed by atoms with E-state index in [2.05, 4.69) is 25.7 Å². The molecule has 0 radical (unpaired) electrons. The number of carbonyl (C=O) groups is 2. The molecule has 2 amide bonds. The van der Waals surface area contributed by atoms with Crippen LogP contribution in [0.2, 0.25) is 0 Å². The summed E-state index contributed by atoms with van der Waals surface area (Å²) in [5.74, 6) is 1.76. The van der Waals surface area contributed by atoms with Crippen LogP contribution in [-0.4, -0.2) is 65.2 Å². The molecule has 29 heavy (non-hydrogen) atoms. The van der Waals surface area contributed by atoms with Crippen molar-refractivity contribution in [3.8, 4) is 17.2 Å². The van der Waals surface area contributed by atoms with Crippen LogP contribution in [0.1, 0.15) is 25.7 Å². The number of aromatic nitrogens is 2. The van der Waals surface area contributed by atoms with E-state index in [4.69, 9.17) is 9.15 Å². The Morgan fingerprint density at radius 2 is 2.14 bits per heavy atom. The maximum absolute atomic E-state index is 12.3. The van der Waals surface area contributed by atoms with Gasteiger partial charge in [0.25, 0.3) is 0 Å². The van der Waals surface area contributed by atoms with Crippen molar-refractivity contribution in [1.29, 1.82) is 0 Å². The van der Waals surface area contributed by atoms with Gasteiger partial charge in [0.15, 0.2) is 0 Å². The lowest BCUT2D eigenvalue weighted by Gasteiger charge is -2.36. The zero-order chi connectivity index (χ0) is 20.4. The first-order valence-corrected chi connectivity index (χ1v) is 9.87. The van der Waals surface area contributed by atoms with Gasteiger partial charge in [-0.25, -0.2) is 0 Å². The highest BCUT2D eigenvalue weighted by molar-refractivity contribution is 5.83. The zero-order valence-corrected chi connectivity index (χ0v) is 16.6. The number of carbonyl (C=O) groups excluding carboxylic acids is 2. The summed E-state index contributed by atoms with van der Waals surface area (Å²) in [7, 11) is 1.62. The van der Waals surface area contributed by atoms with Crippen molar-refractivity contribution in [2.75, 3.05) is 20.2 Å². The monoisotopic (exact) mass is 399 g/mol. The van der Waals surface area contributed by atoms with Gasteiger partial charge in [-0.1, -0.05) is 6.92 Å². The first-order valence-electron chi connectivity index (χ1n) is 9.87. The van der Waals surface area contributed by atoms with Crippen molar-refractivity contribution in [3.05, 3.63) is 30.2 Å². The Bertz CT molecular complexity index is 881. The van der Waals surface area contributed by atoms with Crippen molar-refractivity contribution in [3.63, 3.8) is 0 Å². The minimum absolute atomic E-state index is 0.00726. The molecule has 0 aliphatic carbocycles. The second-order valence-electron chi connectivity index (χ2n) is 7.40. The third-order valence-corrected chi connectivity index (χ3v) is 5.52. The number of nitrogens with zero attached hydrogens (tertiary/aromatic N) is 3. The number of piperazine rings is 1. The van der Waals surface area contributed by atoms with Crippen LogP contribution in [0, 0.1) is 0 Å². The molecule has 0 bridgehead atoms. The molecular weight excluding hydrogens is 374 g/mol. The van der Waals surface area contributed by atoms with Crippen LogP contribution in [-0.2, 0) is 16.0 Å². The summed E-state index contributed by atoms with van der Waals surface area (Å²) >= 11 is 0. The highest BCUT2D eigenvalue weighted by Gasteiger charge is 2.44. The molecule has 2 N–H and O–H groups in total. The van der Waals surface area contributed by atoms with E-state index in [9.17, 15) is 9.59 Å². The number of rotatable bonds is 6. The fourth-order valence-corrected chi connectivity index (χ4v) is 3.99. The van der Waals surface area contributed by atoms with Gasteiger partial charge >= 0.3 is 0 Å². The van der Waals surface area contributed by atoms with Gasteiger partial charge in [0.1, 0.15) is 5.75 Å². The Hall–Kier alpha value is -2.94. The number of amides is 2. The topological polar surface area (TPSA) is 110 Å². The maximum Gasteiger partial charge on any atom is 0.247 e. The number of benzene rings is 1. The van der Waals surface area contributed by atoms with E-state index in [0.717, 1.165) is 11.3 Å². The van der Waals surface area contributed by atoms with E-state index in [-0.39, 0.29) is 29.9 Å². The molecule has 1 aromatic carbocycles. The maximum atomic E-state index is 12.3. The molecule has 154 valence electrons. The summed E-state index contributed by atoms with van der Waals surface area (Å²) in [6, 6.07) is 7.22. The Morgan fingerprint density at radius 3 is 2.86 bits per heavy atom. The second kappa shape index (κ2) is 8.20. The summed E-state index contributed by atoms with van der Waals surface area (Å²) in [4.78, 5) is 26.2. The molecule has 0 spiro atoms. The third kappa shape index (κ3) is 4.09. The van der Waals surface area contributed by atoms with E-state index in [1.165, 1.54) is 0 Å². The van der Waals surface area contributed by atoms with Gasteiger partial charge in [-0.05, 0) is 30.7 Å². The van der Waals surface area contributed by atoms with Crippen LogP contribution < -0.4 is 15.4 Å². The molecule has 2 aliphatic rings. The average Bonchev–Trinajstić information content (AvgIpc) is 3.38. The number of ether oxygens (including phenoxy) is 1. The SMILES string of the molecule is CCC(=O)N[C@H]1C[C@H]2C(=O)NC[C@@H](Cc3nnc(-c4ccc(OC)cc4)o3)N2C1. The van der Waals surface area contributed by atoms with E-state index < -0.39 is 0 Å². The van der Waals surface area contributed by atoms with E-state index >= 15 is 0 Å². The predicted molar refractivity (Wildman–Crippen MR) is 104 cm³/mol. The lowest BCUT2D eigenvalue weighted by molar-refractivity contribution is -0.129. The van der Waals surface area contributed by atoms with Crippen LogP contribution in [0.3, 0.4) is 0 Å². The van der Waals surface area contributed by atoms with E-state index in [0.29, 0.717) is 44.1 Å². The molecule has 2 aliphatic heterocycles. The van der Waals surface area contributed by atoms with Crippen LogP contribution >= 0.6 is 0 Å². The van der Waals surface area contributed by atoms with Crippen LogP contribution in [0.25, 0.3) is 11.5 Å². The van der Waals surface area contributed by atoms with Crippen LogP contribution in [0.15, 0.2) is 28.7 Å². The number of methoxy groups -OCH3 is 1. The summed E-state index contributed by atoms with van der Waals surface area (Å²) in [5, 5.41) is 14.3. The highest BCUT2D eigenvalue weighted by atomic mass is 16.5.